The molecule has 0 bridgehead atoms. The van der Waals surface area contributed by atoms with E-state index in [0.717, 1.165) is 18.7 Å². The Morgan fingerprint density at radius 1 is 1.64 bits per heavy atom. The Balaban J connectivity index is 2.32. The van der Waals surface area contributed by atoms with Gasteiger partial charge in [-0.1, -0.05) is 18.2 Å². The number of rotatable bonds is 3. The molecular formula is C10H13N3O. The summed E-state index contributed by atoms with van der Waals surface area (Å²) in [5, 5.41) is 6.53. The monoisotopic (exact) mass is 191 g/mol. The van der Waals surface area contributed by atoms with Crippen molar-refractivity contribution in [2.45, 2.75) is 25.3 Å². The first-order valence-corrected chi connectivity index (χ1v) is 4.74. The van der Waals surface area contributed by atoms with Crippen LogP contribution in [0.15, 0.2) is 29.6 Å². The fourth-order valence-electron chi connectivity index (χ4n) is 1.78. The number of hydrogen-bond donors (Lipinski definition) is 1. The Labute approximate surface area is 82.0 Å². The van der Waals surface area contributed by atoms with Crippen molar-refractivity contribution in [3.8, 4) is 0 Å². The molecule has 0 spiro atoms. The molecular weight excluding hydrogens is 178 g/mol. The van der Waals surface area contributed by atoms with Crippen molar-refractivity contribution in [3.05, 3.63) is 41.1 Å². The zero-order valence-electron chi connectivity index (χ0n) is 7.94. The third-order valence-corrected chi connectivity index (χ3v) is 2.47. The third-order valence-electron chi connectivity index (χ3n) is 2.47. The Kier molecular flexibility index (Phi) is 2.35. The molecule has 0 fully saturated rings. The quantitative estimate of drug-likeness (QED) is 0.729. The first-order valence-electron chi connectivity index (χ1n) is 4.74. The lowest BCUT2D eigenvalue weighted by atomic mass is 10.1. The molecule has 0 aliphatic heterocycles. The molecule has 0 unspecified atom stereocenters. The van der Waals surface area contributed by atoms with E-state index in [0.29, 0.717) is 12.5 Å². The second-order valence-corrected chi connectivity index (χ2v) is 3.43. The maximum Gasteiger partial charge on any atom is 0.343 e. The fourth-order valence-corrected chi connectivity index (χ4v) is 1.78. The van der Waals surface area contributed by atoms with Crippen LogP contribution in [-0.4, -0.2) is 14.8 Å². The van der Waals surface area contributed by atoms with Crippen LogP contribution in [0.4, 0.5) is 0 Å². The highest BCUT2D eigenvalue weighted by molar-refractivity contribution is 5.09. The van der Waals surface area contributed by atoms with Gasteiger partial charge in [0.15, 0.2) is 0 Å². The highest BCUT2D eigenvalue weighted by Crippen LogP contribution is 2.26. The number of allylic oxidation sites excluding steroid dienone is 3. The maximum atomic E-state index is 11.4. The van der Waals surface area contributed by atoms with E-state index in [2.05, 4.69) is 28.9 Å². The molecule has 0 aromatic carbocycles. The third kappa shape index (κ3) is 1.43. The molecule has 0 amide bonds. The smallest absolute Gasteiger partial charge is 0.275 e. The van der Waals surface area contributed by atoms with E-state index >= 15 is 0 Å². The van der Waals surface area contributed by atoms with Crippen molar-refractivity contribution in [1.29, 1.82) is 0 Å². The van der Waals surface area contributed by atoms with Crippen molar-refractivity contribution in [1.82, 2.24) is 14.8 Å². The summed E-state index contributed by atoms with van der Waals surface area (Å²) in [4.78, 5) is 11.4. The van der Waals surface area contributed by atoms with Gasteiger partial charge in [-0.15, -0.1) is 6.58 Å². The van der Waals surface area contributed by atoms with Crippen molar-refractivity contribution in [2.24, 2.45) is 0 Å². The lowest BCUT2D eigenvalue weighted by molar-refractivity contribution is 0.622. The molecule has 1 heterocycles. The number of nitrogens with zero attached hydrogens (tertiary/aromatic N) is 2. The Bertz CT molecular complexity index is 405. The van der Waals surface area contributed by atoms with Crippen LogP contribution in [0, 0.1) is 0 Å². The summed E-state index contributed by atoms with van der Waals surface area (Å²) in [6, 6.07) is 0. The number of nitrogens with one attached hydrogen (secondary N) is 1. The van der Waals surface area contributed by atoms with Crippen molar-refractivity contribution >= 4 is 0 Å². The topological polar surface area (TPSA) is 50.7 Å². The highest BCUT2D eigenvalue weighted by atomic mass is 16.1. The molecule has 4 heteroatoms. The summed E-state index contributed by atoms with van der Waals surface area (Å²) in [7, 11) is 0. The molecule has 0 atom stereocenters. The standard InChI is InChI=1S/C10H13N3O/c1-2-7-13-9(11-12-10(13)14)8-5-3-4-6-8/h2-4,8H,1,5-7H2,(H,12,14). The number of aromatic amines is 1. The summed E-state index contributed by atoms with van der Waals surface area (Å²) >= 11 is 0. The van der Waals surface area contributed by atoms with E-state index < -0.39 is 0 Å². The minimum atomic E-state index is -0.146. The Morgan fingerprint density at radius 2 is 2.36 bits per heavy atom. The van der Waals surface area contributed by atoms with Crippen LogP contribution in [0.25, 0.3) is 0 Å². The number of hydrogen-bond acceptors (Lipinski definition) is 2. The highest BCUT2D eigenvalue weighted by Gasteiger charge is 2.19. The molecule has 0 saturated carbocycles. The van der Waals surface area contributed by atoms with Gasteiger partial charge in [-0.2, -0.15) is 5.10 Å². The van der Waals surface area contributed by atoms with Gasteiger partial charge in [0.25, 0.3) is 0 Å². The van der Waals surface area contributed by atoms with E-state index in [1.54, 1.807) is 10.6 Å². The Morgan fingerprint density at radius 3 is 3.00 bits per heavy atom. The van der Waals surface area contributed by atoms with Gasteiger partial charge in [-0.25, -0.2) is 9.89 Å². The van der Waals surface area contributed by atoms with Gasteiger partial charge in [0.05, 0.1) is 0 Å². The summed E-state index contributed by atoms with van der Waals surface area (Å²) in [6.07, 6.45) is 7.91. The second-order valence-electron chi connectivity index (χ2n) is 3.43. The van der Waals surface area contributed by atoms with Crippen LogP contribution < -0.4 is 5.69 Å². The van der Waals surface area contributed by atoms with Gasteiger partial charge >= 0.3 is 5.69 Å². The first kappa shape index (κ1) is 8.99. The molecule has 4 nitrogen and oxygen atoms in total. The average Bonchev–Trinajstić information content (AvgIpc) is 2.77. The summed E-state index contributed by atoms with van der Waals surface area (Å²) in [6.45, 7) is 4.16. The summed E-state index contributed by atoms with van der Waals surface area (Å²) in [5.74, 6) is 1.20. The van der Waals surface area contributed by atoms with E-state index in [1.807, 2.05) is 0 Å². The summed E-state index contributed by atoms with van der Waals surface area (Å²) < 4.78 is 1.64. The average molecular weight is 191 g/mol. The molecule has 1 aromatic heterocycles. The van der Waals surface area contributed by atoms with Crippen LogP contribution in [0.1, 0.15) is 24.6 Å². The predicted octanol–water partition coefficient (Wildman–Crippen LogP) is 1.19. The molecule has 1 N–H and O–H groups in total. The van der Waals surface area contributed by atoms with E-state index in [-0.39, 0.29) is 5.69 Å². The van der Waals surface area contributed by atoms with Crippen molar-refractivity contribution in [3.63, 3.8) is 0 Å². The SMILES string of the molecule is C=CCn1c(C2CC=CC2)n[nH]c1=O. The molecule has 0 saturated heterocycles. The molecule has 1 aromatic rings. The maximum absolute atomic E-state index is 11.4. The van der Waals surface area contributed by atoms with Gasteiger partial charge in [-0.05, 0) is 12.8 Å². The van der Waals surface area contributed by atoms with Crippen molar-refractivity contribution < 1.29 is 0 Å². The van der Waals surface area contributed by atoms with E-state index in [9.17, 15) is 4.79 Å². The fraction of sp³-hybridized carbons (Fsp3) is 0.400. The van der Waals surface area contributed by atoms with Gasteiger partial charge in [-0.3, -0.25) is 4.57 Å². The normalized spacial score (nSPS) is 16.3. The minimum Gasteiger partial charge on any atom is -0.275 e. The molecule has 74 valence electrons. The Hall–Kier alpha value is -1.58. The van der Waals surface area contributed by atoms with Crippen molar-refractivity contribution in [2.75, 3.05) is 0 Å². The molecule has 1 aliphatic rings. The van der Waals surface area contributed by atoms with Gasteiger partial charge < -0.3 is 0 Å². The lowest BCUT2D eigenvalue weighted by Gasteiger charge is -2.08. The second kappa shape index (κ2) is 3.65. The van der Waals surface area contributed by atoms with Crippen LogP contribution >= 0.6 is 0 Å². The zero-order valence-corrected chi connectivity index (χ0v) is 7.94. The zero-order chi connectivity index (χ0) is 9.97. The van der Waals surface area contributed by atoms with Crippen LogP contribution in [0.5, 0.6) is 0 Å². The molecule has 2 rings (SSSR count). The largest absolute Gasteiger partial charge is 0.343 e. The minimum absolute atomic E-state index is 0.146. The summed E-state index contributed by atoms with van der Waals surface area (Å²) in [5.41, 5.74) is -0.146. The van der Waals surface area contributed by atoms with Gasteiger partial charge in [0.1, 0.15) is 5.82 Å². The van der Waals surface area contributed by atoms with Crippen LogP contribution in [0.2, 0.25) is 0 Å². The first-order chi connectivity index (χ1) is 6.83. The van der Waals surface area contributed by atoms with Gasteiger partial charge in [0.2, 0.25) is 0 Å². The van der Waals surface area contributed by atoms with E-state index in [1.165, 1.54) is 0 Å². The molecule has 1 aliphatic carbocycles. The lowest BCUT2D eigenvalue weighted by Crippen LogP contribution is -2.19. The van der Waals surface area contributed by atoms with Gasteiger partial charge in [0, 0.05) is 12.5 Å². The molecule has 14 heavy (non-hydrogen) atoms. The van der Waals surface area contributed by atoms with Crippen LogP contribution in [-0.2, 0) is 6.54 Å². The molecule has 0 radical (unpaired) electrons. The van der Waals surface area contributed by atoms with Crippen LogP contribution in [0.3, 0.4) is 0 Å². The number of H-pyrrole nitrogens is 1. The predicted molar refractivity (Wildman–Crippen MR) is 54.2 cm³/mol. The van der Waals surface area contributed by atoms with E-state index in [4.69, 9.17) is 0 Å². The number of aromatic nitrogens is 3.